The lowest BCUT2D eigenvalue weighted by Gasteiger charge is -2.11. The number of anilines is 1. The van der Waals surface area contributed by atoms with Crippen LogP contribution in [0.15, 0.2) is 24.3 Å². The highest BCUT2D eigenvalue weighted by atomic mass is 16.5. The molecule has 0 spiro atoms. The maximum Gasteiger partial charge on any atom is 0.335 e. The van der Waals surface area contributed by atoms with Crippen LogP contribution in [-0.2, 0) is 9.53 Å². The lowest BCUT2D eigenvalue weighted by Crippen LogP contribution is -2.39. The Hall–Kier alpha value is -1.92. The first-order valence-electron chi connectivity index (χ1n) is 4.93. The molecule has 4 N–H and O–H groups in total. The molecule has 0 fully saturated rings. The van der Waals surface area contributed by atoms with Crippen LogP contribution in [0.25, 0.3) is 0 Å². The summed E-state index contributed by atoms with van der Waals surface area (Å²) < 4.78 is 4.74. The van der Waals surface area contributed by atoms with Crippen LogP contribution in [0.3, 0.4) is 0 Å². The predicted octanol–water partition coefficient (Wildman–Crippen LogP) is 0.297. The number of nitrogens with two attached hydrogens (primary N) is 1. The van der Waals surface area contributed by atoms with E-state index in [2.05, 4.69) is 5.32 Å². The molecule has 1 atom stereocenters. The lowest BCUT2D eigenvalue weighted by molar-refractivity contribution is -0.118. The summed E-state index contributed by atoms with van der Waals surface area (Å²) >= 11 is 0. The smallest absolute Gasteiger partial charge is 0.335 e. The summed E-state index contributed by atoms with van der Waals surface area (Å²) in [5, 5.41) is 11.3. The molecule has 1 aromatic carbocycles. The van der Waals surface area contributed by atoms with Crippen molar-refractivity contribution < 1.29 is 19.4 Å². The van der Waals surface area contributed by atoms with E-state index in [1.54, 1.807) is 12.1 Å². The summed E-state index contributed by atoms with van der Waals surface area (Å²) in [6, 6.07) is 5.14. The van der Waals surface area contributed by atoms with Crippen LogP contribution in [0.1, 0.15) is 10.4 Å². The molecule has 6 nitrogen and oxygen atoms in total. The van der Waals surface area contributed by atoms with E-state index in [1.807, 2.05) is 0 Å². The van der Waals surface area contributed by atoms with Crippen molar-refractivity contribution >= 4 is 17.6 Å². The van der Waals surface area contributed by atoms with Gasteiger partial charge in [-0.15, -0.1) is 0 Å². The van der Waals surface area contributed by atoms with E-state index in [4.69, 9.17) is 15.6 Å². The first-order valence-corrected chi connectivity index (χ1v) is 4.93. The van der Waals surface area contributed by atoms with Crippen LogP contribution in [-0.4, -0.2) is 36.7 Å². The number of carbonyl (C=O) groups is 2. The molecule has 0 aromatic heterocycles. The lowest BCUT2D eigenvalue weighted by atomic mass is 10.2. The minimum absolute atomic E-state index is 0.100. The largest absolute Gasteiger partial charge is 0.478 e. The SMILES string of the molecule is COCC(N)C(=O)Nc1cccc(C(=O)O)c1. The second kappa shape index (κ2) is 5.97. The van der Waals surface area contributed by atoms with E-state index in [0.29, 0.717) is 5.69 Å². The fraction of sp³-hybridized carbons (Fsp3) is 0.273. The van der Waals surface area contributed by atoms with Crippen molar-refractivity contribution in [3.8, 4) is 0 Å². The minimum atomic E-state index is -1.05. The molecule has 1 amide bonds. The zero-order chi connectivity index (χ0) is 12.8. The Balaban J connectivity index is 2.71. The molecule has 1 aromatic rings. The zero-order valence-corrected chi connectivity index (χ0v) is 9.34. The van der Waals surface area contributed by atoms with E-state index in [1.165, 1.54) is 19.2 Å². The number of carboxylic acid groups (broad SMARTS) is 1. The maximum atomic E-state index is 11.5. The van der Waals surface area contributed by atoms with E-state index >= 15 is 0 Å². The van der Waals surface area contributed by atoms with Crippen molar-refractivity contribution in [2.45, 2.75) is 6.04 Å². The Bertz CT molecular complexity index is 420. The van der Waals surface area contributed by atoms with Crippen molar-refractivity contribution in [2.24, 2.45) is 5.73 Å². The maximum absolute atomic E-state index is 11.5. The number of hydrogen-bond acceptors (Lipinski definition) is 4. The normalized spacial score (nSPS) is 11.9. The van der Waals surface area contributed by atoms with Gasteiger partial charge in [0.25, 0.3) is 0 Å². The second-order valence-corrected chi connectivity index (χ2v) is 3.44. The van der Waals surface area contributed by atoms with Crippen molar-refractivity contribution in [1.82, 2.24) is 0 Å². The molecule has 1 rings (SSSR count). The summed E-state index contributed by atoms with van der Waals surface area (Å²) in [5.41, 5.74) is 6.01. The van der Waals surface area contributed by atoms with Gasteiger partial charge in [0.1, 0.15) is 6.04 Å². The van der Waals surface area contributed by atoms with Crippen LogP contribution in [0.2, 0.25) is 0 Å². The fourth-order valence-electron chi connectivity index (χ4n) is 1.22. The fourth-order valence-corrected chi connectivity index (χ4v) is 1.22. The van der Waals surface area contributed by atoms with Gasteiger partial charge >= 0.3 is 5.97 Å². The number of hydrogen-bond donors (Lipinski definition) is 3. The van der Waals surface area contributed by atoms with Crippen molar-refractivity contribution in [3.63, 3.8) is 0 Å². The van der Waals surface area contributed by atoms with Gasteiger partial charge in [0.2, 0.25) is 5.91 Å². The Morgan fingerprint density at radius 1 is 1.53 bits per heavy atom. The number of carboxylic acids is 1. The Labute approximate surface area is 98.4 Å². The van der Waals surface area contributed by atoms with Gasteiger partial charge in [-0.3, -0.25) is 4.79 Å². The van der Waals surface area contributed by atoms with Crippen LogP contribution >= 0.6 is 0 Å². The van der Waals surface area contributed by atoms with Gasteiger partial charge in [-0.25, -0.2) is 4.79 Å². The zero-order valence-electron chi connectivity index (χ0n) is 9.34. The van der Waals surface area contributed by atoms with Gasteiger partial charge in [0.05, 0.1) is 12.2 Å². The van der Waals surface area contributed by atoms with Crippen LogP contribution in [0.5, 0.6) is 0 Å². The topological polar surface area (TPSA) is 102 Å². The first kappa shape index (κ1) is 13.1. The third-order valence-electron chi connectivity index (χ3n) is 2.06. The van der Waals surface area contributed by atoms with Crippen LogP contribution in [0.4, 0.5) is 5.69 Å². The van der Waals surface area contributed by atoms with Gasteiger partial charge < -0.3 is 20.9 Å². The highest BCUT2D eigenvalue weighted by molar-refractivity contribution is 5.96. The van der Waals surface area contributed by atoms with E-state index < -0.39 is 17.9 Å². The van der Waals surface area contributed by atoms with Crippen molar-refractivity contribution in [2.75, 3.05) is 19.0 Å². The third-order valence-corrected chi connectivity index (χ3v) is 2.06. The average Bonchev–Trinajstić information content (AvgIpc) is 2.29. The van der Waals surface area contributed by atoms with Gasteiger partial charge in [-0.05, 0) is 18.2 Å². The number of amides is 1. The van der Waals surface area contributed by atoms with Gasteiger partial charge in [0, 0.05) is 12.8 Å². The summed E-state index contributed by atoms with van der Waals surface area (Å²) in [7, 11) is 1.44. The molecule has 6 heteroatoms. The third kappa shape index (κ3) is 3.86. The summed E-state index contributed by atoms with van der Waals surface area (Å²) in [4.78, 5) is 22.2. The van der Waals surface area contributed by atoms with Gasteiger partial charge in [-0.2, -0.15) is 0 Å². The quantitative estimate of drug-likeness (QED) is 0.684. The van der Waals surface area contributed by atoms with E-state index in [0.717, 1.165) is 0 Å². The predicted molar refractivity (Wildman–Crippen MR) is 61.9 cm³/mol. The van der Waals surface area contributed by atoms with Crippen LogP contribution in [0, 0.1) is 0 Å². The summed E-state index contributed by atoms with van der Waals surface area (Å²) in [6.07, 6.45) is 0. The van der Waals surface area contributed by atoms with E-state index in [9.17, 15) is 9.59 Å². The molecule has 0 bridgehead atoms. The molecular formula is C11H14N2O4. The number of nitrogens with one attached hydrogen (secondary N) is 1. The average molecular weight is 238 g/mol. The standard InChI is InChI=1S/C11H14N2O4/c1-17-6-9(12)10(14)13-8-4-2-3-7(5-8)11(15)16/h2-5,9H,6,12H2,1H3,(H,13,14)(H,15,16). The monoisotopic (exact) mass is 238 g/mol. The number of aromatic carboxylic acids is 1. The number of ether oxygens (including phenoxy) is 1. The molecule has 0 aliphatic heterocycles. The molecule has 0 radical (unpaired) electrons. The first-order chi connectivity index (χ1) is 8.04. The molecule has 17 heavy (non-hydrogen) atoms. The number of carbonyl (C=O) groups excluding carboxylic acids is 1. The second-order valence-electron chi connectivity index (χ2n) is 3.44. The molecular weight excluding hydrogens is 224 g/mol. The molecule has 92 valence electrons. The molecule has 0 aliphatic carbocycles. The number of benzene rings is 1. The van der Waals surface area contributed by atoms with Gasteiger partial charge in [-0.1, -0.05) is 6.07 Å². The highest BCUT2D eigenvalue weighted by Crippen LogP contribution is 2.10. The summed E-state index contributed by atoms with van der Waals surface area (Å²) in [6.45, 7) is 0.102. The molecule has 0 heterocycles. The molecule has 1 unspecified atom stereocenters. The number of methoxy groups -OCH3 is 1. The Morgan fingerprint density at radius 2 is 2.24 bits per heavy atom. The van der Waals surface area contributed by atoms with Crippen molar-refractivity contribution in [3.05, 3.63) is 29.8 Å². The van der Waals surface area contributed by atoms with E-state index in [-0.39, 0.29) is 12.2 Å². The number of rotatable bonds is 5. The Morgan fingerprint density at radius 3 is 2.82 bits per heavy atom. The Kier molecular flexibility index (Phi) is 4.62. The summed E-state index contributed by atoms with van der Waals surface area (Å²) in [5.74, 6) is -1.48. The van der Waals surface area contributed by atoms with Crippen molar-refractivity contribution in [1.29, 1.82) is 0 Å². The van der Waals surface area contributed by atoms with Gasteiger partial charge in [0.15, 0.2) is 0 Å². The highest BCUT2D eigenvalue weighted by Gasteiger charge is 2.13. The molecule has 0 saturated carbocycles. The van der Waals surface area contributed by atoms with Crippen LogP contribution < -0.4 is 11.1 Å². The molecule has 0 aliphatic rings. The molecule has 0 saturated heterocycles. The minimum Gasteiger partial charge on any atom is -0.478 e.